The number of benzene rings is 2. The first-order valence-corrected chi connectivity index (χ1v) is 8.59. The summed E-state index contributed by atoms with van der Waals surface area (Å²) in [4.78, 5) is 9.12. The van der Waals surface area contributed by atoms with E-state index in [1.807, 2.05) is 48.7 Å². The van der Waals surface area contributed by atoms with E-state index in [1.165, 1.54) is 5.56 Å². The topological polar surface area (TPSA) is 75.7 Å². The highest BCUT2D eigenvalue weighted by molar-refractivity contribution is 5.90. The molecule has 1 aliphatic heterocycles. The molecule has 26 heavy (non-hydrogen) atoms. The monoisotopic (exact) mass is 343 g/mol. The van der Waals surface area contributed by atoms with Crippen molar-refractivity contribution in [2.45, 2.75) is 19.1 Å². The number of hydrogen-bond acceptors (Lipinski definition) is 5. The zero-order chi connectivity index (χ0) is 17.3. The van der Waals surface area contributed by atoms with Crippen molar-refractivity contribution in [3.63, 3.8) is 0 Å². The van der Waals surface area contributed by atoms with Crippen molar-refractivity contribution in [1.82, 2.24) is 20.2 Å². The number of nitrogens with zero attached hydrogens (tertiary/aromatic N) is 3. The molecule has 0 radical (unpaired) electrons. The van der Waals surface area contributed by atoms with Gasteiger partial charge >= 0.3 is 0 Å². The number of anilines is 1. The maximum atomic E-state index is 6.00. The van der Waals surface area contributed by atoms with Crippen LogP contribution >= 0.6 is 0 Å². The Morgan fingerprint density at radius 2 is 2.08 bits per heavy atom. The minimum atomic E-state index is -0.121. The predicted octanol–water partition coefficient (Wildman–Crippen LogP) is 3.64. The molecular weight excluding hydrogens is 326 g/mol. The molecule has 6 nitrogen and oxygen atoms in total. The lowest BCUT2D eigenvalue weighted by molar-refractivity contribution is 0.227. The number of H-pyrrole nitrogens is 1. The first-order chi connectivity index (χ1) is 12.9. The number of fused-ring (bicyclic) bond motifs is 2. The third-order valence-corrected chi connectivity index (χ3v) is 4.61. The van der Waals surface area contributed by atoms with E-state index in [-0.39, 0.29) is 6.10 Å². The van der Waals surface area contributed by atoms with Gasteiger partial charge in [-0.1, -0.05) is 24.3 Å². The maximum absolute atomic E-state index is 6.00. The van der Waals surface area contributed by atoms with Crippen LogP contribution in [0.1, 0.15) is 23.2 Å². The fraction of sp³-hybridized carbons (Fsp3) is 0.150. The maximum Gasteiger partial charge on any atom is 0.169 e. The molecule has 1 aliphatic rings. The Morgan fingerprint density at radius 1 is 1.12 bits per heavy atom. The van der Waals surface area contributed by atoms with Crippen LogP contribution in [0.25, 0.3) is 10.9 Å². The van der Waals surface area contributed by atoms with Crippen LogP contribution in [0.3, 0.4) is 0 Å². The highest BCUT2D eigenvalue weighted by atomic mass is 16.5. The van der Waals surface area contributed by atoms with Gasteiger partial charge in [-0.25, -0.2) is 9.97 Å². The Balaban J connectivity index is 1.34. The molecule has 4 aromatic rings. The lowest BCUT2D eigenvalue weighted by Gasteiger charge is -2.11. The van der Waals surface area contributed by atoms with E-state index in [1.54, 1.807) is 6.20 Å². The van der Waals surface area contributed by atoms with Gasteiger partial charge in [0.1, 0.15) is 5.75 Å². The summed E-state index contributed by atoms with van der Waals surface area (Å²) < 4.78 is 6.00. The minimum Gasteiger partial charge on any atom is -0.482 e. The summed E-state index contributed by atoms with van der Waals surface area (Å²) in [5.41, 5.74) is 4.17. The molecule has 1 unspecified atom stereocenters. The Morgan fingerprint density at radius 3 is 3.04 bits per heavy atom. The fourth-order valence-corrected chi connectivity index (χ4v) is 3.30. The van der Waals surface area contributed by atoms with Crippen molar-refractivity contribution in [1.29, 1.82) is 0 Å². The summed E-state index contributed by atoms with van der Waals surface area (Å²) in [5, 5.41) is 11.6. The molecule has 3 heterocycles. The van der Waals surface area contributed by atoms with Crippen LogP contribution in [-0.2, 0) is 13.0 Å². The second-order valence-corrected chi connectivity index (χ2v) is 6.31. The van der Waals surface area contributed by atoms with Gasteiger partial charge in [0, 0.05) is 23.7 Å². The number of aromatic nitrogens is 4. The first kappa shape index (κ1) is 14.9. The summed E-state index contributed by atoms with van der Waals surface area (Å²) in [6.07, 6.45) is 4.31. The summed E-state index contributed by atoms with van der Waals surface area (Å²) in [6.45, 7) is 0.611. The van der Waals surface area contributed by atoms with Crippen molar-refractivity contribution in [2.24, 2.45) is 0 Å². The molecule has 0 spiro atoms. The third-order valence-electron chi connectivity index (χ3n) is 4.61. The van der Waals surface area contributed by atoms with Gasteiger partial charge < -0.3 is 10.1 Å². The van der Waals surface area contributed by atoms with Crippen molar-refractivity contribution >= 4 is 16.6 Å². The molecule has 2 N–H and O–H groups in total. The first-order valence-electron chi connectivity index (χ1n) is 8.59. The van der Waals surface area contributed by atoms with Crippen LogP contribution in [-0.4, -0.2) is 20.2 Å². The van der Waals surface area contributed by atoms with Gasteiger partial charge in [0.2, 0.25) is 0 Å². The van der Waals surface area contributed by atoms with Gasteiger partial charge in [0.15, 0.2) is 11.9 Å². The van der Waals surface area contributed by atoms with E-state index in [9.17, 15) is 0 Å². The van der Waals surface area contributed by atoms with Crippen molar-refractivity contribution in [3.8, 4) is 5.75 Å². The number of ether oxygens (including phenoxy) is 1. The molecule has 0 bridgehead atoms. The molecule has 5 rings (SSSR count). The van der Waals surface area contributed by atoms with E-state index in [2.05, 4.69) is 26.6 Å². The van der Waals surface area contributed by atoms with E-state index >= 15 is 0 Å². The lowest BCUT2D eigenvalue weighted by Crippen LogP contribution is -2.11. The van der Waals surface area contributed by atoms with Crippen LogP contribution in [0.2, 0.25) is 0 Å². The average Bonchev–Trinajstić information content (AvgIpc) is 3.33. The zero-order valence-corrected chi connectivity index (χ0v) is 14.0. The summed E-state index contributed by atoms with van der Waals surface area (Å²) in [6, 6.07) is 16.1. The quantitative estimate of drug-likeness (QED) is 0.592. The zero-order valence-electron chi connectivity index (χ0n) is 14.0. The average molecular weight is 343 g/mol. The molecule has 1 atom stereocenters. The van der Waals surface area contributed by atoms with E-state index in [0.29, 0.717) is 6.54 Å². The number of hydrogen-bond donors (Lipinski definition) is 2. The van der Waals surface area contributed by atoms with Crippen LogP contribution in [0.4, 0.5) is 5.69 Å². The van der Waals surface area contributed by atoms with Gasteiger partial charge in [0.25, 0.3) is 0 Å². The fourth-order valence-electron chi connectivity index (χ4n) is 3.30. The molecular formula is C20H17N5O. The minimum absolute atomic E-state index is 0.121. The standard InChI is InChI=1S/C20H17N5O/c1-2-7-18-13(4-1)10-19(26-18)20-21-9-8-14(24-20)11-22-16-5-3-6-17-15(16)12-23-25-17/h1-9,12,19,22H,10-11H2,(H,23,25). The number of para-hydroxylation sites is 1. The molecule has 6 heteroatoms. The second-order valence-electron chi connectivity index (χ2n) is 6.31. The molecule has 0 aliphatic carbocycles. The molecule has 0 saturated heterocycles. The highest BCUT2D eigenvalue weighted by Gasteiger charge is 2.26. The summed E-state index contributed by atoms with van der Waals surface area (Å²) in [7, 11) is 0. The van der Waals surface area contributed by atoms with Gasteiger partial charge in [-0.2, -0.15) is 5.10 Å². The van der Waals surface area contributed by atoms with Gasteiger partial charge in [0.05, 0.1) is 24.0 Å². The predicted molar refractivity (Wildman–Crippen MR) is 99.0 cm³/mol. The van der Waals surface area contributed by atoms with E-state index in [4.69, 9.17) is 9.72 Å². The molecule has 0 amide bonds. The molecule has 2 aromatic heterocycles. The summed E-state index contributed by atoms with van der Waals surface area (Å²) in [5.74, 6) is 1.65. The van der Waals surface area contributed by atoms with Gasteiger partial charge in [-0.3, -0.25) is 5.10 Å². The van der Waals surface area contributed by atoms with Crippen molar-refractivity contribution < 1.29 is 4.74 Å². The van der Waals surface area contributed by atoms with Gasteiger partial charge in [-0.15, -0.1) is 0 Å². The lowest BCUT2D eigenvalue weighted by atomic mass is 10.1. The van der Waals surface area contributed by atoms with E-state index in [0.717, 1.165) is 40.3 Å². The molecule has 2 aromatic carbocycles. The van der Waals surface area contributed by atoms with Gasteiger partial charge in [-0.05, 0) is 29.8 Å². The van der Waals surface area contributed by atoms with Crippen molar-refractivity contribution in [3.05, 3.63) is 78.0 Å². The normalized spacial score (nSPS) is 15.6. The van der Waals surface area contributed by atoms with Crippen LogP contribution < -0.4 is 10.1 Å². The van der Waals surface area contributed by atoms with Crippen molar-refractivity contribution in [2.75, 3.05) is 5.32 Å². The Bertz CT molecular complexity index is 1050. The highest BCUT2D eigenvalue weighted by Crippen LogP contribution is 2.34. The SMILES string of the molecule is c1ccc2c(c1)CC(c1nccc(CNc3cccc4[nH]ncc34)n1)O2. The Labute approximate surface area is 150 Å². The Hall–Kier alpha value is -3.41. The number of aromatic amines is 1. The Kier molecular flexibility index (Phi) is 3.52. The molecule has 0 saturated carbocycles. The second kappa shape index (κ2) is 6.15. The van der Waals surface area contributed by atoms with Crippen LogP contribution in [0, 0.1) is 0 Å². The largest absolute Gasteiger partial charge is 0.482 e. The third kappa shape index (κ3) is 2.65. The van der Waals surface area contributed by atoms with Crippen LogP contribution in [0.15, 0.2) is 60.9 Å². The molecule has 128 valence electrons. The number of nitrogens with one attached hydrogen (secondary N) is 2. The number of rotatable bonds is 4. The molecule has 0 fully saturated rings. The van der Waals surface area contributed by atoms with Crippen LogP contribution in [0.5, 0.6) is 5.75 Å². The summed E-state index contributed by atoms with van der Waals surface area (Å²) >= 11 is 0. The smallest absolute Gasteiger partial charge is 0.169 e. The van der Waals surface area contributed by atoms with E-state index < -0.39 is 0 Å².